The van der Waals surface area contributed by atoms with Gasteiger partial charge in [0.1, 0.15) is 5.75 Å². The van der Waals surface area contributed by atoms with Crippen LogP contribution in [0.1, 0.15) is 12.0 Å². The zero-order chi connectivity index (χ0) is 14.7. The van der Waals surface area contributed by atoms with Gasteiger partial charge in [0.25, 0.3) is 0 Å². The Morgan fingerprint density at radius 1 is 1.10 bits per heavy atom. The van der Waals surface area contributed by atoms with Gasteiger partial charge in [0, 0.05) is 24.5 Å². The maximum atomic E-state index is 12.2. The number of amides is 2. The zero-order valence-electron chi connectivity index (χ0n) is 11.5. The van der Waals surface area contributed by atoms with E-state index in [-0.39, 0.29) is 11.8 Å². The van der Waals surface area contributed by atoms with Gasteiger partial charge < -0.3 is 15.3 Å². The molecule has 0 fully saturated rings. The van der Waals surface area contributed by atoms with Crippen LogP contribution in [0.25, 0.3) is 5.57 Å². The molecule has 3 rings (SSSR count). The summed E-state index contributed by atoms with van der Waals surface area (Å²) in [5.41, 5.74) is 2.88. The third-order valence-electron chi connectivity index (χ3n) is 3.44. The van der Waals surface area contributed by atoms with Crippen LogP contribution < -0.4 is 5.32 Å². The standard InChI is InChI=1S/C17H16N2O2/c20-16-8-4-7-15(11-16)18-17(21)19-10-9-14(12-19)13-5-2-1-3-6-13/h1-8,11-12,20H,9-10H2,(H,18,21). The first kappa shape index (κ1) is 13.2. The number of nitrogens with one attached hydrogen (secondary N) is 1. The lowest BCUT2D eigenvalue weighted by molar-refractivity contribution is 0.231. The lowest BCUT2D eigenvalue weighted by Crippen LogP contribution is -2.28. The molecule has 2 N–H and O–H groups in total. The summed E-state index contributed by atoms with van der Waals surface area (Å²) in [7, 11) is 0. The van der Waals surface area contributed by atoms with E-state index in [1.165, 1.54) is 6.07 Å². The molecule has 0 aliphatic carbocycles. The molecule has 0 aromatic heterocycles. The van der Waals surface area contributed by atoms with Crippen LogP contribution in [0.4, 0.5) is 10.5 Å². The molecule has 1 aliphatic rings. The number of hydrogen-bond acceptors (Lipinski definition) is 2. The number of phenolic OH excluding ortho intramolecular Hbond substituents is 1. The van der Waals surface area contributed by atoms with Crippen LogP contribution in [0.5, 0.6) is 5.75 Å². The van der Waals surface area contributed by atoms with Crippen molar-refractivity contribution in [3.05, 3.63) is 66.4 Å². The molecule has 0 bridgehead atoms. The summed E-state index contributed by atoms with van der Waals surface area (Å²) in [6.07, 6.45) is 2.73. The fourth-order valence-electron chi connectivity index (χ4n) is 2.37. The molecule has 106 valence electrons. The van der Waals surface area contributed by atoms with Crippen LogP contribution in [0.2, 0.25) is 0 Å². The van der Waals surface area contributed by atoms with E-state index in [0.717, 1.165) is 17.6 Å². The Bertz CT molecular complexity index is 680. The molecule has 0 saturated carbocycles. The number of phenols is 1. The fraction of sp³-hybridized carbons (Fsp3) is 0.118. The number of hydrogen-bond donors (Lipinski definition) is 2. The first-order valence-electron chi connectivity index (χ1n) is 6.85. The highest BCUT2D eigenvalue weighted by Gasteiger charge is 2.19. The summed E-state index contributed by atoms with van der Waals surface area (Å²) >= 11 is 0. The summed E-state index contributed by atoms with van der Waals surface area (Å²) < 4.78 is 0. The Balaban J connectivity index is 1.71. The number of carbonyl (C=O) groups is 1. The Morgan fingerprint density at radius 3 is 2.67 bits per heavy atom. The molecule has 0 atom stereocenters. The lowest BCUT2D eigenvalue weighted by Gasteiger charge is -2.14. The minimum Gasteiger partial charge on any atom is -0.508 e. The number of benzene rings is 2. The predicted octanol–water partition coefficient (Wildman–Crippen LogP) is 3.67. The number of carbonyl (C=O) groups excluding carboxylic acids is 1. The molecule has 0 saturated heterocycles. The van der Waals surface area contributed by atoms with Crippen molar-refractivity contribution in [1.82, 2.24) is 4.90 Å². The van der Waals surface area contributed by atoms with E-state index in [4.69, 9.17) is 0 Å². The van der Waals surface area contributed by atoms with Gasteiger partial charge in [0.15, 0.2) is 0 Å². The second-order valence-electron chi connectivity index (χ2n) is 4.94. The highest BCUT2D eigenvalue weighted by Crippen LogP contribution is 2.25. The average molecular weight is 280 g/mol. The second kappa shape index (κ2) is 5.71. The molecule has 0 unspecified atom stereocenters. The molecule has 2 aromatic rings. The monoisotopic (exact) mass is 280 g/mol. The van der Waals surface area contributed by atoms with Gasteiger partial charge in [-0.1, -0.05) is 36.4 Å². The predicted molar refractivity (Wildman–Crippen MR) is 82.9 cm³/mol. The Hall–Kier alpha value is -2.75. The summed E-state index contributed by atoms with van der Waals surface area (Å²) in [5, 5.41) is 12.2. The van der Waals surface area contributed by atoms with Crippen molar-refractivity contribution in [3.8, 4) is 5.75 Å². The largest absolute Gasteiger partial charge is 0.508 e. The van der Waals surface area contributed by atoms with Gasteiger partial charge in [0.2, 0.25) is 0 Å². The van der Waals surface area contributed by atoms with Gasteiger partial charge in [-0.25, -0.2) is 4.79 Å². The van der Waals surface area contributed by atoms with Crippen molar-refractivity contribution in [1.29, 1.82) is 0 Å². The number of nitrogens with zero attached hydrogens (tertiary/aromatic N) is 1. The lowest BCUT2D eigenvalue weighted by atomic mass is 10.1. The van der Waals surface area contributed by atoms with E-state index in [0.29, 0.717) is 12.2 Å². The summed E-state index contributed by atoms with van der Waals surface area (Å²) in [4.78, 5) is 13.9. The molecule has 0 spiro atoms. The first-order chi connectivity index (χ1) is 10.2. The van der Waals surface area contributed by atoms with Gasteiger partial charge in [-0.05, 0) is 29.7 Å². The van der Waals surface area contributed by atoms with Crippen LogP contribution in [0.3, 0.4) is 0 Å². The van der Waals surface area contributed by atoms with Crippen molar-refractivity contribution in [2.45, 2.75) is 6.42 Å². The maximum Gasteiger partial charge on any atom is 0.325 e. The average Bonchev–Trinajstić information content (AvgIpc) is 2.98. The minimum absolute atomic E-state index is 0.134. The first-order valence-corrected chi connectivity index (χ1v) is 6.85. The molecule has 0 radical (unpaired) electrons. The smallest absolute Gasteiger partial charge is 0.325 e. The van der Waals surface area contributed by atoms with Crippen molar-refractivity contribution in [3.63, 3.8) is 0 Å². The zero-order valence-corrected chi connectivity index (χ0v) is 11.5. The summed E-state index contributed by atoms with van der Waals surface area (Å²) in [6.45, 7) is 0.662. The van der Waals surface area contributed by atoms with Gasteiger partial charge in [-0.3, -0.25) is 0 Å². The van der Waals surface area contributed by atoms with E-state index < -0.39 is 0 Å². The number of anilines is 1. The topological polar surface area (TPSA) is 52.6 Å². The van der Waals surface area contributed by atoms with Crippen molar-refractivity contribution in [2.24, 2.45) is 0 Å². The number of aromatic hydroxyl groups is 1. The molecular formula is C17H16N2O2. The Morgan fingerprint density at radius 2 is 1.90 bits per heavy atom. The fourth-order valence-corrected chi connectivity index (χ4v) is 2.37. The molecule has 2 amide bonds. The van der Waals surface area contributed by atoms with Gasteiger partial charge in [-0.15, -0.1) is 0 Å². The molecule has 4 nitrogen and oxygen atoms in total. The maximum absolute atomic E-state index is 12.2. The normalized spacial score (nSPS) is 13.9. The second-order valence-corrected chi connectivity index (χ2v) is 4.94. The van der Waals surface area contributed by atoms with Crippen LogP contribution >= 0.6 is 0 Å². The van der Waals surface area contributed by atoms with Crippen molar-refractivity contribution >= 4 is 17.3 Å². The highest BCUT2D eigenvalue weighted by molar-refractivity contribution is 5.92. The quantitative estimate of drug-likeness (QED) is 0.881. The molecule has 21 heavy (non-hydrogen) atoms. The van der Waals surface area contributed by atoms with Crippen LogP contribution in [-0.4, -0.2) is 22.6 Å². The van der Waals surface area contributed by atoms with E-state index in [1.807, 2.05) is 36.5 Å². The van der Waals surface area contributed by atoms with E-state index in [1.54, 1.807) is 23.1 Å². The Labute approximate surface area is 123 Å². The number of urea groups is 1. The highest BCUT2D eigenvalue weighted by atomic mass is 16.3. The Kier molecular flexibility index (Phi) is 3.60. The van der Waals surface area contributed by atoms with Crippen molar-refractivity contribution in [2.75, 3.05) is 11.9 Å². The van der Waals surface area contributed by atoms with Crippen LogP contribution in [0, 0.1) is 0 Å². The SMILES string of the molecule is O=C(Nc1cccc(O)c1)N1C=C(c2ccccc2)CC1. The molecule has 2 aromatic carbocycles. The van der Waals surface area contributed by atoms with E-state index in [9.17, 15) is 9.90 Å². The van der Waals surface area contributed by atoms with Gasteiger partial charge in [0.05, 0.1) is 0 Å². The van der Waals surface area contributed by atoms with Gasteiger partial charge in [-0.2, -0.15) is 0 Å². The number of rotatable bonds is 2. The molecule has 1 aliphatic heterocycles. The minimum atomic E-state index is -0.188. The summed E-state index contributed by atoms with van der Waals surface area (Å²) in [6, 6.07) is 16.4. The molecule has 4 heteroatoms. The third kappa shape index (κ3) is 3.05. The van der Waals surface area contributed by atoms with E-state index >= 15 is 0 Å². The molecule has 1 heterocycles. The third-order valence-corrected chi connectivity index (χ3v) is 3.44. The van der Waals surface area contributed by atoms with Crippen LogP contribution in [0.15, 0.2) is 60.8 Å². The molecular weight excluding hydrogens is 264 g/mol. The van der Waals surface area contributed by atoms with Crippen LogP contribution in [-0.2, 0) is 0 Å². The van der Waals surface area contributed by atoms with Gasteiger partial charge >= 0.3 is 6.03 Å². The van der Waals surface area contributed by atoms with Crippen molar-refractivity contribution < 1.29 is 9.90 Å². The summed E-state index contributed by atoms with van der Waals surface area (Å²) in [5.74, 6) is 0.134. The van der Waals surface area contributed by atoms with E-state index in [2.05, 4.69) is 5.32 Å².